The molecule has 0 bridgehead atoms. The number of nitrogens with zero attached hydrogens (tertiary/aromatic N) is 4. The first kappa shape index (κ1) is 18.7. The van der Waals surface area contributed by atoms with Gasteiger partial charge in [-0.1, -0.05) is 11.2 Å². The molecule has 0 radical (unpaired) electrons. The van der Waals surface area contributed by atoms with Gasteiger partial charge in [-0.05, 0) is 30.7 Å². The number of piperazine rings is 1. The van der Waals surface area contributed by atoms with Crippen LogP contribution in [-0.2, 0) is 6.54 Å². The maximum atomic E-state index is 10.8. The van der Waals surface area contributed by atoms with Gasteiger partial charge in [-0.2, -0.15) is 0 Å². The fourth-order valence-corrected chi connectivity index (χ4v) is 3.36. The molecule has 2 aromatic carbocycles. The highest BCUT2D eigenvalue weighted by Crippen LogP contribution is 2.26. The van der Waals surface area contributed by atoms with Crippen LogP contribution < -0.4 is 4.90 Å². The van der Waals surface area contributed by atoms with Crippen LogP contribution in [0.4, 0.5) is 11.4 Å². The van der Waals surface area contributed by atoms with Crippen molar-refractivity contribution in [2.45, 2.75) is 13.5 Å². The number of oxime groups is 1. The van der Waals surface area contributed by atoms with Gasteiger partial charge in [0.15, 0.2) is 0 Å². The van der Waals surface area contributed by atoms with Crippen LogP contribution in [0.1, 0.15) is 16.7 Å². The van der Waals surface area contributed by atoms with Crippen LogP contribution in [0.2, 0.25) is 0 Å². The fourth-order valence-electron chi connectivity index (χ4n) is 3.36. The molecule has 0 atom stereocenters. The lowest BCUT2D eigenvalue weighted by atomic mass is 10.0. The second-order valence-corrected chi connectivity index (χ2v) is 6.64. The van der Waals surface area contributed by atoms with Crippen LogP contribution >= 0.6 is 0 Å². The third-order valence-corrected chi connectivity index (χ3v) is 4.75. The highest BCUT2D eigenvalue weighted by molar-refractivity contribution is 5.84. The van der Waals surface area contributed by atoms with E-state index < -0.39 is 4.92 Å². The lowest BCUT2D eigenvalue weighted by Gasteiger charge is -2.36. The number of anilines is 1. The molecule has 1 heterocycles. The predicted octanol–water partition coefficient (Wildman–Crippen LogP) is 2.74. The van der Waals surface area contributed by atoms with Gasteiger partial charge in [0.1, 0.15) is 5.75 Å². The van der Waals surface area contributed by atoms with Crippen molar-refractivity contribution in [3.8, 4) is 5.75 Å². The molecule has 0 aromatic heterocycles. The zero-order chi connectivity index (χ0) is 19.4. The third kappa shape index (κ3) is 4.35. The number of aryl methyl sites for hydroxylation is 1. The number of hydrogen-bond donors (Lipinski definition) is 2. The van der Waals surface area contributed by atoms with E-state index in [0.29, 0.717) is 12.1 Å². The van der Waals surface area contributed by atoms with Crippen molar-refractivity contribution in [3.63, 3.8) is 0 Å². The van der Waals surface area contributed by atoms with Gasteiger partial charge >= 0.3 is 0 Å². The Balaban J connectivity index is 1.64. The van der Waals surface area contributed by atoms with Gasteiger partial charge < -0.3 is 15.2 Å². The lowest BCUT2D eigenvalue weighted by Crippen LogP contribution is -2.46. The summed E-state index contributed by atoms with van der Waals surface area (Å²) in [7, 11) is 0. The number of phenolic OH excluding ortho intramolecular Hbond substituents is 1. The summed E-state index contributed by atoms with van der Waals surface area (Å²) in [6.45, 7) is 5.77. The van der Waals surface area contributed by atoms with Crippen LogP contribution in [0, 0.1) is 17.0 Å². The predicted molar refractivity (Wildman–Crippen MR) is 103 cm³/mol. The molecule has 0 saturated carbocycles. The molecule has 1 aliphatic rings. The van der Waals surface area contributed by atoms with E-state index >= 15 is 0 Å². The number of rotatable bonds is 5. The Kier molecular flexibility index (Phi) is 5.56. The Hall–Kier alpha value is -3.13. The lowest BCUT2D eigenvalue weighted by molar-refractivity contribution is -0.384. The van der Waals surface area contributed by atoms with Gasteiger partial charge in [-0.3, -0.25) is 15.0 Å². The van der Waals surface area contributed by atoms with Crippen LogP contribution in [0.3, 0.4) is 0 Å². The molecule has 2 aromatic rings. The monoisotopic (exact) mass is 370 g/mol. The molecule has 1 saturated heterocycles. The van der Waals surface area contributed by atoms with Crippen molar-refractivity contribution < 1.29 is 15.2 Å². The van der Waals surface area contributed by atoms with E-state index in [1.54, 1.807) is 18.2 Å². The maximum Gasteiger partial charge on any atom is 0.269 e. The zero-order valence-electron chi connectivity index (χ0n) is 15.1. The van der Waals surface area contributed by atoms with Crippen LogP contribution in [0.5, 0.6) is 5.75 Å². The second-order valence-electron chi connectivity index (χ2n) is 6.64. The molecular weight excluding hydrogens is 348 g/mol. The van der Waals surface area contributed by atoms with Gasteiger partial charge in [-0.25, -0.2) is 0 Å². The summed E-state index contributed by atoms with van der Waals surface area (Å²) < 4.78 is 0. The number of aromatic hydroxyl groups is 1. The Labute approximate surface area is 157 Å². The summed E-state index contributed by atoms with van der Waals surface area (Å²) in [6, 6.07) is 10.3. The highest BCUT2D eigenvalue weighted by Gasteiger charge is 2.19. The first-order chi connectivity index (χ1) is 13.0. The molecule has 1 aliphatic heterocycles. The number of hydrogen-bond acceptors (Lipinski definition) is 7. The van der Waals surface area contributed by atoms with E-state index in [1.165, 1.54) is 18.3 Å². The van der Waals surface area contributed by atoms with Crippen molar-refractivity contribution in [3.05, 3.63) is 63.2 Å². The van der Waals surface area contributed by atoms with E-state index in [0.717, 1.165) is 43.0 Å². The van der Waals surface area contributed by atoms with Crippen molar-refractivity contribution in [1.82, 2.24) is 4.90 Å². The van der Waals surface area contributed by atoms with Gasteiger partial charge in [0.25, 0.3) is 5.69 Å². The van der Waals surface area contributed by atoms with Crippen LogP contribution in [-0.4, -0.2) is 52.5 Å². The van der Waals surface area contributed by atoms with E-state index in [1.807, 2.05) is 13.0 Å². The molecule has 0 aliphatic carbocycles. The highest BCUT2D eigenvalue weighted by atomic mass is 16.6. The molecular formula is C19H22N4O4. The second kappa shape index (κ2) is 8.05. The average molecular weight is 370 g/mol. The summed E-state index contributed by atoms with van der Waals surface area (Å²) in [5.74, 6) is 0.135. The summed E-state index contributed by atoms with van der Waals surface area (Å²) in [6.07, 6.45) is 1.23. The summed E-state index contributed by atoms with van der Waals surface area (Å²) in [5, 5.41) is 32.9. The van der Waals surface area contributed by atoms with Crippen LogP contribution in [0.15, 0.2) is 41.6 Å². The number of phenols is 1. The molecule has 1 fully saturated rings. The van der Waals surface area contributed by atoms with Crippen LogP contribution in [0.25, 0.3) is 0 Å². The molecule has 0 unspecified atom stereocenters. The van der Waals surface area contributed by atoms with Crippen molar-refractivity contribution in [1.29, 1.82) is 0 Å². The van der Waals surface area contributed by atoms with E-state index in [4.69, 9.17) is 5.21 Å². The normalized spacial score (nSPS) is 15.4. The molecule has 0 amide bonds. The number of non-ortho nitro benzene ring substituents is 1. The third-order valence-electron chi connectivity index (χ3n) is 4.75. The Morgan fingerprint density at radius 1 is 1.19 bits per heavy atom. The summed E-state index contributed by atoms with van der Waals surface area (Å²) >= 11 is 0. The molecule has 8 heteroatoms. The Bertz CT molecular complexity index is 844. The molecule has 3 rings (SSSR count). The first-order valence-electron chi connectivity index (χ1n) is 8.69. The van der Waals surface area contributed by atoms with Gasteiger partial charge in [0.2, 0.25) is 0 Å². The molecule has 27 heavy (non-hydrogen) atoms. The van der Waals surface area contributed by atoms with Gasteiger partial charge in [-0.15, -0.1) is 0 Å². The standard InChI is InChI=1S/C19H22N4O4/c1-14-10-15(12-20-25)19(24)16(11-14)13-21-6-8-22(9-7-21)17-2-4-18(5-3-17)23(26)27/h2-5,10-12,24-25H,6-9,13H2,1H3/b20-12+. The number of nitro groups is 1. The van der Waals surface area contributed by atoms with Crippen molar-refractivity contribution >= 4 is 17.6 Å². The average Bonchev–Trinajstić information content (AvgIpc) is 2.66. The summed E-state index contributed by atoms with van der Waals surface area (Å²) in [4.78, 5) is 14.8. The maximum absolute atomic E-state index is 10.8. The molecule has 142 valence electrons. The molecule has 0 spiro atoms. The van der Waals surface area contributed by atoms with Gasteiger partial charge in [0, 0.05) is 61.7 Å². The minimum atomic E-state index is -0.397. The zero-order valence-corrected chi connectivity index (χ0v) is 15.1. The van der Waals surface area contributed by atoms with Gasteiger partial charge in [0.05, 0.1) is 11.1 Å². The first-order valence-corrected chi connectivity index (χ1v) is 8.69. The molecule has 2 N–H and O–H groups in total. The minimum absolute atomic E-state index is 0.0922. The Morgan fingerprint density at radius 3 is 2.44 bits per heavy atom. The minimum Gasteiger partial charge on any atom is -0.507 e. The summed E-state index contributed by atoms with van der Waals surface area (Å²) in [5.41, 5.74) is 3.35. The topological polar surface area (TPSA) is 102 Å². The van der Waals surface area contributed by atoms with E-state index in [-0.39, 0.29) is 11.4 Å². The van der Waals surface area contributed by atoms with E-state index in [2.05, 4.69) is 15.0 Å². The smallest absolute Gasteiger partial charge is 0.269 e. The Morgan fingerprint density at radius 2 is 1.85 bits per heavy atom. The van der Waals surface area contributed by atoms with E-state index in [9.17, 15) is 15.2 Å². The van der Waals surface area contributed by atoms with Crippen molar-refractivity contribution in [2.75, 3.05) is 31.1 Å². The fraction of sp³-hybridized carbons (Fsp3) is 0.316. The largest absolute Gasteiger partial charge is 0.507 e. The number of nitro benzene ring substituents is 1. The molecule has 8 nitrogen and oxygen atoms in total. The quantitative estimate of drug-likeness (QED) is 0.363. The number of benzene rings is 2. The SMILES string of the molecule is Cc1cc(/C=N/O)c(O)c(CN2CCN(c3ccc([N+](=O)[O-])cc3)CC2)c1. The van der Waals surface area contributed by atoms with Crippen molar-refractivity contribution in [2.24, 2.45) is 5.16 Å².